The van der Waals surface area contributed by atoms with Crippen LogP contribution < -0.4 is 4.90 Å². The molecular formula is C19H26N6O. The van der Waals surface area contributed by atoms with E-state index in [1.165, 1.54) is 0 Å². The lowest BCUT2D eigenvalue weighted by Crippen LogP contribution is -2.32. The van der Waals surface area contributed by atoms with Gasteiger partial charge in [-0.2, -0.15) is 0 Å². The van der Waals surface area contributed by atoms with Crippen molar-refractivity contribution in [1.29, 1.82) is 0 Å². The second kappa shape index (κ2) is 8.21. The normalized spacial score (nSPS) is 17.7. The number of amides is 1. The van der Waals surface area contributed by atoms with Gasteiger partial charge < -0.3 is 9.80 Å². The highest BCUT2D eigenvalue weighted by molar-refractivity contribution is 5.92. The van der Waals surface area contributed by atoms with Gasteiger partial charge in [0, 0.05) is 33.4 Å². The average molecular weight is 354 g/mol. The fourth-order valence-corrected chi connectivity index (χ4v) is 3.29. The molecule has 0 N–H and O–H groups in total. The smallest absolute Gasteiger partial charge is 0.272 e. The summed E-state index contributed by atoms with van der Waals surface area (Å²) in [5.41, 5.74) is 1.51. The number of hydrogen-bond acceptors (Lipinski definition) is 6. The summed E-state index contributed by atoms with van der Waals surface area (Å²) in [5.74, 6) is 2.03. The molecule has 1 fully saturated rings. The van der Waals surface area contributed by atoms with Crippen LogP contribution >= 0.6 is 0 Å². The van der Waals surface area contributed by atoms with Crippen LogP contribution in [0.4, 0.5) is 5.82 Å². The molecule has 0 saturated carbocycles. The van der Waals surface area contributed by atoms with Crippen molar-refractivity contribution in [2.45, 2.75) is 32.6 Å². The van der Waals surface area contributed by atoms with Crippen molar-refractivity contribution in [2.75, 3.05) is 32.1 Å². The van der Waals surface area contributed by atoms with E-state index in [0.717, 1.165) is 50.3 Å². The number of likely N-dealkylation sites (tertiary alicyclic amines) is 1. The van der Waals surface area contributed by atoms with Gasteiger partial charge in [0.05, 0.1) is 18.1 Å². The van der Waals surface area contributed by atoms with Crippen molar-refractivity contribution < 1.29 is 4.79 Å². The van der Waals surface area contributed by atoms with E-state index in [2.05, 4.69) is 19.9 Å². The predicted molar refractivity (Wildman–Crippen MR) is 100 cm³/mol. The van der Waals surface area contributed by atoms with Gasteiger partial charge in [-0.1, -0.05) is 0 Å². The molecule has 7 heteroatoms. The third-order valence-corrected chi connectivity index (χ3v) is 4.78. The van der Waals surface area contributed by atoms with E-state index in [4.69, 9.17) is 0 Å². The van der Waals surface area contributed by atoms with Gasteiger partial charge in [-0.25, -0.2) is 15.0 Å². The summed E-state index contributed by atoms with van der Waals surface area (Å²) in [6.45, 7) is 3.34. The monoisotopic (exact) mass is 354 g/mol. The fraction of sp³-hybridized carbons (Fsp3) is 0.526. The molecule has 26 heavy (non-hydrogen) atoms. The summed E-state index contributed by atoms with van der Waals surface area (Å²) in [6, 6.07) is 1.69. The van der Waals surface area contributed by atoms with E-state index < -0.39 is 0 Å². The lowest BCUT2D eigenvalue weighted by atomic mass is 9.95. The molecule has 0 radical (unpaired) electrons. The molecule has 1 saturated heterocycles. The Bertz CT molecular complexity index is 746. The van der Waals surface area contributed by atoms with E-state index in [1.54, 1.807) is 19.2 Å². The fourth-order valence-electron chi connectivity index (χ4n) is 3.29. The average Bonchev–Trinajstić information content (AvgIpc) is 2.87. The Morgan fingerprint density at radius 3 is 2.73 bits per heavy atom. The number of aryl methyl sites for hydroxylation is 1. The number of nitrogens with zero attached hydrogens (tertiary/aromatic N) is 6. The molecule has 1 amide bonds. The van der Waals surface area contributed by atoms with Gasteiger partial charge >= 0.3 is 0 Å². The lowest BCUT2D eigenvalue weighted by Gasteiger charge is -2.20. The maximum atomic E-state index is 12.7. The van der Waals surface area contributed by atoms with Crippen LogP contribution in [-0.4, -0.2) is 57.9 Å². The van der Waals surface area contributed by atoms with Gasteiger partial charge in [-0.05, 0) is 44.6 Å². The molecule has 1 unspecified atom stereocenters. The molecule has 0 aliphatic carbocycles. The van der Waals surface area contributed by atoms with Crippen LogP contribution in [0.15, 0.2) is 24.7 Å². The molecule has 1 atom stereocenters. The summed E-state index contributed by atoms with van der Waals surface area (Å²) in [6.07, 6.45) is 9.33. The number of carbonyl (C=O) groups is 1. The molecule has 7 nitrogen and oxygen atoms in total. The van der Waals surface area contributed by atoms with E-state index in [9.17, 15) is 4.79 Å². The zero-order valence-corrected chi connectivity index (χ0v) is 15.7. The van der Waals surface area contributed by atoms with Gasteiger partial charge in [0.2, 0.25) is 0 Å². The summed E-state index contributed by atoms with van der Waals surface area (Å²) in [7, 11) is 3.92. The molecular weight excluding hydrogens is 328 g/mol. The number of hydrogen-bond donors (Lipinski definition) is 0. The molecule has 3 heterocycles. The van der Waals surface area contributed by atoms with Crippen molar-refractivity contribution in [3.8, 4) is 0 Å². The molecule has 1 aliphatic rings. The van der Waals surface area contributed by atoms with Crippen molar-refractivity contribution in [2.24, 2.45) is 5.92 Å². The van der Waals surface area contributed by atoms with E-state index in [1.807, 2.05) is 36.3 Å². The summed E-state index contributed by atoms with van der Waals surface area (Å²) in [5, 5.41) is 0. The molecule has 1 aliphatic heterocycles. The maximum absolute atomic E-state index is 12.7. The Balaban J connectivity index is 1.58. The van der Waals surface area contributed by atoms with Crippen LogP contribution in [0.2, 0.25) is 0 Å². The van der Waals surface area contributed by atoms with E-state index in [0.29, 0.717) is 17.4 Å². The van der Waals surface area contributed by atoms with Gasteiger partial charge in [0.1, 0.15) is 17.3 Å². The van der Waals surface area contributed by atoms with Crippen LogP contribution in [0.25, 0.3) is 0 Å². The maximum Gasteiger partial charge on any atom is 0.272 e. The summed E-state index contributed by atoms with van der Waals surface area (Å²) in [4.78, 5) is 33.8. The Morgan fingerprint density at radius 2 is 2.04 bits per heavy atom. The van der Waals surface area contributed by atoms with Crippen LogP contribution in [0.5, 0.6) is 0 Å². The first-order valence-corrected chi connectivity index (χ1v) is 9.10. The van der Waals surface area contributed by atoms with Crippen molar-refractivity contribution in [1.82, 2.24) is 24.8 Å². The molecule has 138 valence electrons. The highest BCUT2D eigenvalue weighted by Crippen LogP contribution is 2.22. The minimum Gasteiger partial charge on any atom is -0.361 e. The number of aromatic nitrogens is 4. The van der Waals surface area contributed by atoms with Crippen molar-refractivity contribution >= 4 is 11.7 Å². The Hall–Kier alpha value is -2.57. The van der Waals surface area contributed by atoms with Crippen LogP contribution in [0, 0.1) is 12.8 Å². The third-order valence-electron chi connectivity index (χ3n) is 4.78. The third kappa shape index (κ3) is 4.53. The SMILES string of the molecule is Cc1nccc(C(=O)N2CCCC(Cc3cnc(N(C)C)cn3)CC2)n1. The highest BCUT2D eigenvalue weighted by atomic mass is 16.2. The second-order valence-electron chi connectivity index (χ2n) is 7.04. The minimum atomic E-state index is 0.00581. The molecule has 3 rings (SSSR count). The largest absolute Gasteiger partial charge is 0.361 e. The van der Waals surface area contributed by atoms with Crippen LogP contribution in [0.1, 0.15) is 41.3 Å². The van der Waals surface area contributed by atoms with Crippen LogP contribution in [-0.2, 0) is 6.42 Å². The van der Waals surface area contributed by atoms with Crippen LogP contribution in [0.3, 0.4) is 0 Å². The first-order valence-electron chi connectivity index (χ1n) is 9.10. The van der Waals surface area contributed by atoms with Gasteiger partial charge in [0.15, 0.2) is 0 Å². The van der Waals surface area contributed by atoms with Crippen molar-refractivity contribution in [3.63, 3.8) is 0 Å². The number of carbonyl (C=O) groups excluding carboxylic acids is 1. The van der Waals surface area contributed by atoms with Gasteiger partial charge in [0.25, 0.3) is 5.91 Å². The first kappa shape index (κ1) is 18.2. The quantitative estimate of drug-likeness (QED) is 0.837. The minimum absolute atomic E-state index is 0.00581. The number of anilines is 1. The molecule has 0 aromatic carbocycles. The Morgan fingerprint density at radius 1 is 1.19 bits per heavy atom. The first-order chi connectivity index (χ1) is 12.5. The van der Waals surface area contributed by atoms with E-state index >= 15 is 0 Å². The van der Waals surface area contributed by atoms with Crippen molar-refractivity contribution in [3.05, 3.63) is 41.9 Å². The molecule has 0 spiro atoms. The molecule has 2 aromatic rings. The van der Waals surface area contributed by atoms with Gasteiger partial charge in [-0.3, -0.25) is 9.78 Å². The van der Waals surface area contributed by atoms with Gasteiger partial charge in [-0.15, -0.1) is 0 Å². The lowest BCUT2D eigenvalue weighted by molar-refractivity contribution is 0.0753. The standard InChI is InChI=1S/C19H26N6O/c1-14-20-8-6-17(23-14)19(26)25-9-4-5-15(7-10-25)11-16-12-22-18(13-21-16)24(2)3/h6,8,12-13,15H,4-5,7,9-11H2,1-3H3. The predicted octanol–water partition coefficient (Wildman–Crippen LogP) is 2.13. The Labute approximate surface area is 154 Å². The zero-order chi connectivity index (χ0) is 18.5. The molecule has 2 aromatic heterocycles. The second-order valence-corrected chi connectivity index (χ2v) is 7.04. The zero-order valence-electron chi connectivity index (χ0n) is 15.7. The number of rotatable bonds is 4. The van der Waals surface area contributed by atoms with E-state index in [-0.39, 0.29) is 5.91 Å². The Kier molecular flexibility index (Phi) is 5.75. The summed E-state index contributed by atoms with van der Waals surface area (Å²) < 4.78 is 0. The topological polar surface area (TPSA) is 75.1 Å². The summed E-state index contributed by atoms with van der Waals surface area (Å²) >= 11 is 0. The highest BCUT2D eigenvalue weighted by Gasteiger charge is 2.23. The molecule has 0 bridgehead atoms.